The van der Waals surface area contributed by atoms with Gasteiger partial charge in [-0.1, -0.05) is 6.07 Å². The number of carboxylic acids is 1. The highest BCUT2D eigenvalue weighted by molar-refractivity contribution is 7.89. The Morgan fingerprint density at radius 1 is 1.33 bits per heavy atom. The van der Waals surface area contributed by atoms with Gasteiger partial charge in [0.05, 0.1) is 10.5 Å². The Morgan fingerprint density at radius 2 is 1.95 bits per heavy atom. The fraction of sp³-hybridized carbons (Fsp3) is 0.385. The Hall–Kier alpha value is -1.93. The van der Waals surface area contributed by atoms with Crippen molar-refractivity contribution in [1.82, 2.24) is 9.62 Å². The van der Waals surface area contributed by atoms with Crippen LogP contribution in [0.3, 0.4) is 0 Å². The zero-order chi connectivity index (χ0) is 16.2. The Morgan fingerprint density at radius 3 is 2.48 bits per heavy atom. The van der Waals surface area contributed by atoms with Gasteiger partial charge in [0.25, 0.3) is 0 Å². The van der Waals surface area contributed by atoms with E-state index in [1.165, 1.54) is 26.2 Å². The predicted molar refractivity (Wildman–Crippen MR) is 76.6 cm³/mol. The van der Waals surface area contributed by atoms with Crippen molar-refractivity contribution >= 4 is 21.9 Å². The van der Waals surface area contributed by atoms with Crippen LogP contribution in [0.25, 0.3) is 0 Å². The van der Waals surface area contributed by atoms with Crippen LogP contribution in [0, 0.1) is 6.92 Å². The van der Waals surface area contributed by atoms with Gasteiger partial charge >= 0.3 is 5.97 Å². The number of nitrogens with zero attached hydrogens (tertiary/aromatic N) is 1. The van der Waals surface area contributed by atoms with Gasteiger partial charge in [0.15, 0.2) is 0 Å². The molecule has 0 radical (unpaired) electrons. The van der Waals surface area contributed by atoms with Crippen LogP contribution in [-0.4, -0.2) is 50.3 Å². The van der Waals surface area contributed by atoms with E-state index in [2.05, 4.69) is 5.32 Å². The van der Waals surface area contributed by atoms with Crippen LogP contribution in [0.5, 0.6) is 0 Å². The van der Waals surface area contributed by atoms with E-state index in [4.69, 9.17) is 5.11 Å². The third-order valence-corrected chi connectivity index (χ3v) is 5.05. The van der Waals surface area contributed by atoms with E-state index in [0.29, 0.717) is 5.56 Å². The number of carboxylic acid groups (broad SMARTS) is 1. The van der Waals surface area contributed by atoms with E-state index in [-0.39, 0.29) is 29.3 Å². The zero-order valence-electron chi connectivity index (χ0n) is 12.1. The van der Waals surface area contributed by atoms with Crippen molar-refractivity contribution in [3.8, 4) is 0 Å². The molecule has 0 spiro atoms. The van der Waals surface area contributed by atoms with E-state index in [1.807, 2.05) is 0 Å². The molecule has 0 aromatic heterocycles. The van der Waals surface area contributed by atoms with Crippen LogP contribution < -0.4 is 5.32 Å². The molecule has 8 heteroatoms. The van der Waals surface area contributed by atoms with E-state index >= 15 is 0 Å². The van der Waals surface area contributed by atoms with Gasteiger partial charge in [0.2, 0.25) is 15.9 Å². The molecule has 0 heterocycles. The van der Waals surface area contributed by atoms with Gasteiger partial charge in [0, 0.05) is 27.1 Å². The van der Waals surface area contributed by atoms with Crippen molar-refractivity contribution < 1.29 is 23.1 Å². The minimum Gasteiger partial charge on any atom is -0.478 e. The lowest BCUT2D eigenvalue weighted by molar-refractivity contribution is -0.120. The van der Waals surface area contributed by atoms with Crippen LogP contribution in [0.15, 0.2) is 23.1 Å². The number of hydrogen-bond acceptors (Lipinski definition) is 4. The van der Waals surface area contributed by atoms with Crippen molar-refractivity contribution in [2.24, 2.45) is 0 Å². The highest BCUT2D eigenvalue weighted by atomic mass is 32.2. The van der Waals surface area contributed by atoms with Crippen LogP contribution in [0.4, 0.5) is 0 Å². The molecular weight excluding hydrogens is 296 g/mol. The number of sulfonamides is 1. The smallest absolute Gasteiger partial charge is 0.335 e. The molecule has 21 heavy (non-hydrogen) atoms. The normalized spacial score (nSPS) is 11.4. The van der Waals surface area contributed by atoms with Crippen LogP contribution in [0.2, 0.25) is 0 Å². The molecular formula is C13H18N2O5S. The SMILES string of the molecule is CNC(=O)CCN(C)S(=O)(=O)c1cc(C(=O)O)ccc1C. The van der Waals surface area contributed by atoms with Crippen molar-refractivity contribution in [2.45, 2.75) is 18.2 Å². The van der Waals surface area contributed by atoms with Gasteiger partial charge in [0.1, 0.15) is 0 Å². The van der Waals surface area contributed by atoms with Crippen LogP contribution in [-0.2, 0) is 14.8 Å². The topological polar surface area (TPSA) is 104 Å². The summed E-state index contributed by atoms with van der Waals surface area (Å²) in [5.74, 6) is -1.47. The van der Waals surface area contributed by atoms with Gasteiger partial charge in [-0.05, 0) is 24.6 Å². The monoisotopic (exact) mass is 314 g/mol. The Kier molecular flexibility index (Phi) is 5.45. The molecule has 2 N–H and O–H groups in total. The second kappa shape index (κ2) is 6.68. The maximum atomic E-state index is 12.4. The summed E-state index contributed by atoms with van der Waals surface area (Å²) in [6.45, 7) is 1.60. The van der Waals surface area contributed by atoms with E-state index < -0.39 is 16.0 Å². The average Bonchev–Trinajstić information content (AvgIpc) is 2.44. The summed E-state index contributed by atoms with van der Waals surface area (Å²) in [7, 11) is -1.02. The van der Waals surface area contributed by atoms with Crippen molar-refractivity contribution in [1.29, 1.82) is 0 Å². The van der Waals surface area contributed by atoms with Crippen LogP contribution >= 0.6 is 0 Å². The zero-order valence-corrected chi connectivity index (χ0v) is 12.9. The molecule has 0 aliphatic heterocycles. The fourth-order valence-corrected chi connectivity index (χ4v) is 3.10. The third-order valence-electron chi connectivity index (χ3n) is 3.06. The number of benzene rings is 1. The molecule has 0 fully saturated rings. The molecule has 0 unspecified atom stereocenters. The summed E-state index contributed by atoms with van der Waals surface area (Å²) in [4.78, 5) is 22.1. The van der Waals surface area contributed by atoms with Gasteiger partial charge in [-0.25, -0.2) is 17.5 Å². The molecule has 0 bridgehead atoms. The Balaban J connectivity index is 3.09. The van der Waals surface area contributed by atoms with Gasteiger partial charge in [-0.15, -0.1) is 0 Å². The minimum atomic E-state index is -3.84. The first-order valence-electron chi connectivity index (χ1n) is 6.21. The lowest BCUT2D eigenvalue weighted by Gasteiger charge is -2.18. The molecule has 0 saturated carbocycles. The minimum absolute atomic E-state index is 0.0126. The number of amides is 1. The first-order chi connectivity index (χ1) is 9.70. The number of carbonyl (C=O) groups excluding carboxylic acids is 1. The van der Waals surface area contributed by atoms with Gasteiger partial charge < -0.3 is 10.4 Å². The maximum Gasteiger partial charge on any atom is 0.335 e. The average molecular weight is 314 g/mol. The second-order valence-electron chi connectivity index (χ2n) is 4.54. The summed E-state index contributed by atoms with van der Waals surface area (Å²) >= 11 is 0. The number of nitrogens with one attached hydrogen (secondary N) is 1. The molecule has 0 aliphatic carbocycles. The van der Waals surface area contributed by atoms with Crippen molar-refractivity contribution in [3.05, 3.63) is 29.3 Å². The van der Waals surface area contributed by atoms with Gasteiger partial charge in [-0.3, -0.25) is 4.79 Å². The number of rotatable bonds is 6. The Bertz CT molecular complexity index is 655. The number of hydrogen-bond donors (Lipinski definition) is 2. The predicted octanol–water partition coefficient (Wildman–Crippen LogP) is 0.450. The Labute approximate surface area is 123 Å². The summed E-state index contributed by atoms with van der Waals surface area (Å²) in [6, 6.07) is 3.92. The molecule has 1 amide bonds. The van der Waals surface area contributed by atoms with E-state index in [1.54, 1.807) is 6.92 Å². The summed E-state index contributed by atoms with van der Waals surface area (Å²) in [5.41, 5.74) is 0.352. The largest absolute Gasteiger partial charge is 0.478 e. The summed E-state index contributed by atoms with van der Waals surface area (Å²) in [5, 5.41) is 11.4. The second-order valence-corrected chi connectivity index (χ2v) is 6.55. The summed E-state index contributed by atoms with van der Waals surface area (Å²) in [6.07, 6.45) is 0.0316. The molecule has 1 aromatic carbocycles. The number of aryl methyl sites for hydroxylation is 1. The fourth-order valence-electron chi connectivity index (χ4n) is 1.68. The highest BCUT2D eigenvalue weighted by Crippen LogP contribution is 2.20. The van der Waals surface area contributed by atoms with Crippen molar-refractivity contribution in [2.75, 3.05) is 20.6 Å². The number of carbonyl (C=O) groups is 2. The standard InChI is InChI=1S/C13H18N2O5S/c1-9-4-5-10(13(17)18)8-11(9)21(19,20)15(3)7-6-12(16)14-2/h4-5,8H,6-7H2,1-3H3,(H,14,16)(H,17,18). The molecule has 1 rings (SSSR count). The molecule has 0 atom stereocenters. The molecule has 116 valence electrons. The van der Waals surface area contributed by atoms with Crippen LogP contribution in [0.1, 0.15) is 22.3 Å². The molecule has 7 nitrogen and oxygen atoms in total. The van der Waals surface area contributed by atoms with E-state index in [0.717, 1.165) is 10.4 Å². The highest BCUT2D eigenvalue weighted by Gasteiger charge is 2.24. The number of aromatic carboxylic acids is 1. The lowest BCUT2D eigenvalue weighted by Crippen LogP contribution is -2.32. The first-order valence-corrected chi connectivity index (χ1v) is 7.65. The quantitative estimate of drug-likeness (QED) is 0.793. The summed E-state index contributed by atoms with van der Waals surface area (Å²) < 4.78 is 25.9. The van der Waals surface area contributed by atoms with E-state index in [9.17, 15) is 18.0 Å². The van der Waals surface area contributed by atoms with Crippen molar-refractivity contribution in [3.63, 3.8) is 0 Å². The first kappa shape index (κ1) is 17.1. The molecule has 0 saturated heterocycles. The lowest BCUT2D eigenvalue weighted by atomic mass is 10.1. The third kappa shape index (κ3) is 4.02. The van der Waals surface area contributed by atoms with Gasteiger partial charge in [-0.2, -0.15) is 0 Å². The maximum absolute atomic E-state index is 12.4. The molecule has 1 aromatic rings. The molecule has 0 aliphatic rings.